The first-order chi connectivity index (χ1) is 13.6. The van der Waals surface area contributed by atoms with Gasteiger partial charge in [-0.05, 0) is 60.0 Å². The number of benzene rings is 3. The number of H-pyrrole nitrogens is 1. The van der Waals surface area contributed by atoms with Crippen molar-refractivity contribution in [1.29, 1.82) is 0 Å². The highest BCUT2D eigenvalue weighted by Gasteiger charge is 2.19. The summed E-state index contributed by atoms with van der Waals surface area (Å²) >= 11 is 6.15. The molecule has 4 rings (SSSR count). The molecule has 140 valence electrons. The first-order valence-electron chi connectivity index (χ1n) is 8.97. The molecule has 0 saturated carbocycles. The Morgan fingerprint density at radius 2 is 1.86 bits per heavy atom. The summed E-state index contributed by atoms with van der Waals surface area (Å²) in [5.41, 5.74) is 3.23. The van der Waals surface area contributed by atoms with E-state index < -0.39 is 0 Å². The van der Waals surface area contributed by atoms with Crippen LogP contribution in [0.1, 0.15) is 27.5 Å². The Hall–Kier alpha value is -3.11. The van der Waals surface area contributed by atoms with Gasteiger partial charge in [0.1, 0.15) is 5.82 Å². The van der Waals surface area contributed by atoms with E-state index in [0.717, 1.165) is 16.5 Å². The lowest BCUT2D eigenvalue weighted by Crippen LogP contribution is -2.30. The molecule has 4 aromatic rings. The maximum Gasteiger partial charge on any atom is 0.251 e. The number of aromatic amines is 1. The molecule has 0 aliphatic heterocycles. The zero-order valence-corrected chi connectivity index (χ0v) is 15.7. The molecule has 0 aliphatic carbocycles. The van der Waals surface area contributed by atoms with Crippen molar-refractivity contribution >= 4 is 28.4 Å². The van der Waals surface area contributed by atoms with E-state index in [1.165, 1.54) is 12.1 Å². The Kier molecular flexibility index (Phi) is 5.13. The predicted octanol–water partition coefficient (Wildman–Crippen LogP) is 5.67. The molecule has 0 saturated heterocycles. The standard InChI is InChI=1S/C23H18ClFN2O/c24-18-9-10-21-20(13-18)17(14-26-21)12-22(16-7-4-8-19(25)11-16)27-23(28)15-5-2-1-3-6-15/h1-11,13-14,22,26H,12H2,(H,27,28). The maximum absolute atomic E-state index is 13.8. The van der Waals surface area contributed by atoms with Crippen LogP contribution in [0.3, 0.4) is 0 Å². The first kappa shape index (κ1) is 18.3. The topological polar surface area (TPSA) is 44.9 Å². The molecule has 3 nitrogen and oxygen atoms in total. The zero-order chi connectivity index (χ0) is 19.5. The van der Waals surface area contributed by atoms with Crippen LogP contribution in [0.5, 0.6) is 0 Å². The monoisotopic (exact) mass is 392 g/mol. The minimum atomic E-state index is -0.388. The van der Waals surface area contributed by atoms with Gasteiger partial charge in [0.15, 0.2) is 0 Å². The molecule has 3 aromatic carbocycles. The van der Waals surface area contributed by atoms with E-state index in [4.69, 9.17) is 11.6 Å². The molecule has 0 aliphatic rings. The third kappa shape index (κ3) is 3.92. The van der Waals surface area contributed by atoms with Crippen LogP contribution in [-0.4, -0.2) is 10.9 Å². The molecule has 0 bridgehead atoms. The van der Waals surface area contributed by atoms with Gasteiger partial charge in [-0.3, -0.25) is 4.79 Å². The Labute approximate surface area is 167 Å². The Morgan fingerprint density at radius 1 is 1.04 bits per heavy atom. The van der Waals surface area contributed by atoms with Crippen LogP contribution in [0.15, 0.2) is 79.0 Å². The van der Waals surface area contributed by atoms with Gasteiger partial charge < -0.3 is 10.3 Å². The highest BCUT2D eigenvalue weighted by molar-refractivity contribution is 6.31. The van der Waals surface area contributed by atoms with Gasteiger partial charge in [0.05, 0.1) is 6.04 Å². The zero-order valence-electron chi connectivity index (χ0n) is 15.0. The van der Waals surface area contributed by atoms with Gasteiger partial charge in [-0.25, -0.2) is 4.39 Å². The third-order valence-electron chi connectivity index (χ3n) is 4.75. The average Bonchev–Trinajstić information content (AvgIpc) is 3.10. The summed E-state index contributed by atoms with van der Waals surface area (Å²) in [6.07, 6.45) is 2.41. The number of halogens is 2. The van der Waals surface area contributed by atoms with Crippen LogP contribution in [0.25, 0.3) is 10.9 Å². The molecule has 28 heavy (non-hydrogen) atoms. The van der Waals surface area contributed by atoms with Crippen molar-refractivity contribution < 1.29 is 9.18 Å². The maximum atomic E-state index is 13.8. The van der Waals surface area contributed by atoms with Crippen LogP contribution in [-0.2, 0) is 6.42 Å². The van der Waals surface area contributed by atoms with Crippen LogP contribution < -0.4 is 5.32 Å². The van der Waals surface area contributed by atoms with Crippen molar-refractivity contribution in [2.45, 2.75) is 12.5 Å². The van der Waals surface area contributed by atoms with E-state index in [2.05, 4.69) is 10.3 Å². The van der Waals surface area contributed by atoms with Crippen LogP contribution in [0, 0.1) is 5.82 Å². The van der Waals surface area contributed by atoms with Gasteiger partial charge in [-0.2, -0.15) is 0 Å². The predicted molar refractivity (Wildman–Crippen MR) is 110 cm³/mol. The second kappa shape index (κ2) is 7.87. The summed E-state index contributed by atoms with van der Waals surface area (Å²) in [7, 11) is 0. The molecular formula is C23H18ClFN2O. The number of hydrogen-bond donors (Lipinski definition) is 2. The second-order valence-corrected chi connectivity index (χ2v) is 7.09. The van der Waals surface area contributed by atoms with Crippen molar-refractivity contribution in [3.8, 4) is 0 Å². The third-order valence-corrected chi connectivity index (χ3v) is 4.98. The van der Waals surface area contributed by atoms with Crippen LogP contribution in [0.4, 0.5) is 4.39 Å². The smallest absolute Gasteiger partial charge is 0.251 e. The molecule has 1 amide bonds. The fourth-order valence-corrected chi connectivity index (χ4v) is 3.52. The second-order valence-electron chi connectivity index (χ2n) is 6.66. The number of hydrogen-bond acceptors (Lipinski definition) is 1. The van der Waals surface area contributed by atoms with Gasteiger partial charge in [0.25, 0.3) is 5.91 Å². The number of amides is 1. The van der Waals surface area contributed by atoms with Gasteiger partial charge in [0, 0.05) is 27.7 Å². The Balaban J connectivity index is 1.68. The minimum absolute atomic E-state index is 0.201. The quantitative estimate of drug-likeness (QED) is 0.451. The average molecular weight is 393 g/mol. The lowest BCUT2D eigenvalue weighted by atomic mass is 9.98. The highest BCUT2D eigenvalue weighted by Crippen LogP contribution is 2.27. The summed E-state index contributed by atoms with van der Waals surface area (Å²) < 4.78 is 13.8. The van der Waals surface area contributed by atoms with E-state index in [1.807, 2.05) is 48.7 Å². The van der Waals surface area contributed by atoms with Crippen molar-refractivity contribution in [2.24, 2.45) is 0 Å². The summed E-state index contributed by atoms with van der Waals surface area (Å²) in [5, 5.41) is 4.67. The molecule has 1 aromatic heterocycles. The first-order valence-corrected chi connectivity index (χ1v) is 9.35. The molecule has 2 N–H and O–H groups in total. The van der Waals surface area contributed by atoms with Crippen molar-refractivity contribution in [3.63, 3.8) is 0 Å². The number of fused-ring (bicyclic) bond motifs is 1. The minimum Gasteiger partial charge on any atom is -0.361 e. The van der Waals surface area contributed by atoms with Gasteiger partial charge in [-0.15, -0.1) is 0 Å². The molecular weight excluding hydrogens is 375 g/mol. The van der Waals surface area contributed by atoms with E-state index in [-0.39, 0.29) is 17.8 Å². The fraction of sp³-hybridized carbons (Fsp3) is 0.0870. The van der Waals surface area contributed by atoms with E-state index in [9.17, 15) is 9.18 Å². The summed E-state index contributed by atoms with van der Waals surface area (Å²) in [5.74, 6) is -0.536. The summed E-state index contributed by atoms with van der Waals surface area (Å²) in [4.78, 5) is 15.9. The number of nitrogens with one attached hydrogen (secondary N) is 2. The molecule has 0 fully saturated rings. The summed E-state index contributed by atoms with van der Waals surface area (Å²) in [6.45, 7) is 0. The largest absolute Gasteiger partial charge is 0.361 e. The van der Waals surface area contributed by atoms with E-state index >= 15 is 0 Å². The number of carbonyl (C=O) groups excluding carboxylic acids is 1. The Morgan fingerprint density at radius 3 is 2.64 bits per heavy atom. The van der Waals surface area contributed by atoms with Crippen LogP contribution >= 0.6 is 11.6 Å². The lowest BCUT2D eigenvalue weighted by Gasteiger charge is -2.19. The van der Waals surface area contributed by atoms with Gasteiger partial charge in [0.2, 0.25) is 0 Å². The van der Waals surface area contributed by atoms with Gasteiger partial charge in [-0.1, -0.05) is 41.9 Å². The molecule has 1 heterocycles. The number of rotatable bonds is 5. The number of carbonyl (C=O) groups is 1. The summed E-state index contributed by atoms with van der Waals surface area (Å²) in [6, 6.07) is 20.6. The molecule has 0 spiro atoms. The van der Waals surface area contributed by atoms with E-state index in [1.54, 1.807) is 18.2 Å². The molecule has 5 heteroatoms. The highest BCUT2D eigenvalue weighted by atomic mass is 35.5. The lowest BCUT2D eigenvalue weighted by molar-refractivity contribution is 0.0936. The van der Waals surface area contributed by atoms with Gasteiger partial charge >= 0.3 is 0 Å². The molecule has 0 radical (unpaired) electrons. The van der Waals surface area contributed by atoms with Crippen molar-refractivity contribution in [2.75, 3.05) is 0 Å². The Bertz CT molecular complexity index is 1120. The number of aromatic nitrogens is 1. The normalized spacial score (nSPS) is 12.1. The molecule has 1 unspecified atom stereocenters. The van der Waals surface area contributed by atoms with Crippen molar-refractivity contribution in [3.05, 3.63) is 107 Å². The SMILES string of the molecule is O=C(NC(Cc1c[nH]c2ccc(Cl)cc12)c1cccc(F)c1)c1ccccc1. The fourth-order valence-electron chi connectivity index (χ4n) is 3.35. The van der Waals surface area contributed by atoms with Crippen LogP contribution in [0.2, 0.25) is 5.02 Å². The van der Waals surface area contributed by atoms with E-state index in [0.29, 0.717) is 22.6 Å². The molecule has 1 atom stereocenters. The van der Waals surface area contributed by atoms with Crippen molar-refractivity contribution in [1.82, 2.24) is 10.3 Å².